The van der Waals surface area contributed by atoms with Gasteiger partial charge in [0.2, 0.25) is 0 Å². The van der Waals surface area contributed by atoms with E-state index in [1.54, 1.807) is 0 Å². The Balaban J connectivity index is 2.19. The standard InChI is InChI=1S/C10H21NO/c1-4-5-6-12-9-7-8(11)10(9,2)3/h8-9H,4-7,11H2,1-3H3/t8-,9-/m1/s1. The maximum Gasteiger partial charge on any atom is 0.0655 e. The van der Waals surface area contributed by atoms with E-state index < -0.39 is 0 Å². The monoisotopic (exact) mass is 171 g/mol. The van der Waals surface area contributed by atoms with Gasteiger partial charge in [-0.25, -0.2) is 0 Å². The molecular formula is C10H21NO. The van der Waals surface area contributed by atoms with Gasteiger partial charge in [0.15, 0.2) is 0 Å². The average Bonchev–Trinajstić information content (AvgIpc) is 2.04. The molecule has 2 atom stereocenters. The van der Waals surface area contributed by atoms with Crippen molar-refractivity contribution in [2.45, 2.75) is 52.2 Å². The Kier molecular flexibility index (Phi) is 3.13. The van der Waals surface area contributed by atoms with E-state index in [0.29, 0.717) is 12.1 Å². The van der Waals surface area contributed by atoms with Gasteiger partial charge in [0.05, 0.1) is 6.10 Å². The highest BCUT2D eigenvalue weighted by Gasteiger charge is 2.46. The topological polar surface area (TPSA) is 35.2 Å². The third kappa shape index (κ3) is 1.80. The zero-order chi connectivity index (χ0) is 9.19. The fourth-order valence-corrected chi connectivity index (χ4v) is 1.57. The predicted molar refractivity (Wildman–Crippen MR) is 51.0 cm³/mol. The van der Waals surface area contributed by atoms with Crippen LogP contribution in [0.1, 0.15) is 40.0 Å². The second kappa shape index (κ2) is 3.75. The molecule has 1 saturated carbocycles. The van der Waals surface area contributed by atoms with Gasteiger partial charge >= 0.3 is 0 Å². The van der Waals surface area contributed by atoms with Gasteiger partial charge in [-0.15, -0.1) is 0 Å². The molecule has 0 amide bonds. The third-order valence-electron chi connectivity index (χ3n) is 3.07. The first-order valence-electron chi connectivity index (χ1n) is 4.96. The van der Waals surface area contributed by atoms with Crippen LogP contribution < -0.4 is 5.73 Å². The summed E-state index contributed by atoms with van der Waals surface area (Å²) in [6, 6.07) is 0.337. The van der Waals surface area contributed by atoms with E-state index in [-0.39, 0.29) is 5.41 Å². The van der Waals surface area contributed by atoms with Gasteiger partial charge in [-0.05, 0) is 12.8 Å². The highest BCUT2D eigenvalue weighted by Crippen LogP contribution is 2.41. The van der Waals surface area contributed by atoms with E-state index in [2.05, 4.69) is 20.8 Å². The average molecular weight is 171 g/mol. The molecule has 12 heavy (non-hydrogen) atoms. The number of hydrogen-bond acceptors (Lipinski definition) is 2. The molecule has 2 nitrogen and oxygen atoms in total. The molecular weight excluding hydrogens is 150 g/mol. The van der Waals surface area contributed by atoms with Crippen LogP contribution in [0.25, 0.3) is 0 Å². The second-order valence-electron chi connectivity index (χ2n) is 4.38. The van der Waals surface area contributed by atoms with Crippen LogP contribution >= 0.6 is 0 Å². The van der Waals surface area contributed by atoms with Gasteiger partial charge < -0.3 is 10.5 Å². The van der Waals surface area contributed by atoms with Crippen LogP contribution in [0.3, 0.4) is 0 Å². The first-order chi connectivity index (χ1) is 5.59. The molecule has 0 aromatic rings. The molecule has 0 saturated heterocycles. The van der Waals surface area contributed by atoms with Crippen LogP contribution in [0.15, 0.2) is 0 Å². The Hall–Kier alpha value is -0.0800. The molecule has 0 heterocycles. The molecule has 1 aliphatic carbocycles. The zero-order valence-corrected chi connectivity index (χ0v) is 8.47. The first kappa shape index (κ1) is 10.0. The van der Waals surface area contributed by atoms with Crippen molar-refractivity contribution in [3.63, 3.8) is 0 Å². The lowest BCUT2D eigenvalue weighted by atomic mass is 9.65. The maximum absolute atomic E-state index is 5.87. The van der Waals surface area contributed by atoms with Crippen molar-refractivity contribution < 1.29 is 4.74 Å². The lowest BCUT2D eigenvalue weighted by molar-refractivity contribution is -0.108. The molecule has 0 radical (unpaired) electrons. The first-order valence-corrected chi connectivity index (χ1v) is 4.96. The summed E-state index contributed by atoms with van der Waals surface area (Å²) in [4.78, 5) is 0. The number of hydrogen-bond donors (Lipinski definition) is 1. The zero-order valence-electron chi connectivity index (χ0n) is 8.47. The van der Waals surface area contributed by atoms with Crippen molar-refractivity contribution >= 4 is 0 Å². The van der Waals surface area contributed by atoms with E-state index in [1.165, 1.54) is 12.8 Å². The van der Waals surface area contributed by atoms with E-state index in [1.807, 2.05) is 0 Å². The Labute approximate surface area is 75.5 Å². The summed E-state index contributed by atoms with van der Waals surface area (Å²) in [6.07, 6.45) is 3.82. The second-order valence-corrected chi connectivity index (χ2v) is 4.38. The van der Waals surface area contributed by atoms with Gasteiger partial charge in [-0.2, -0.15) is 0 Å². The molecule has 0 aromatic carbocycles. The minimum absolute atomic E-state index is 0.202. The highest BCUT2D eigenvalue weighted by atomic mass is 16.5. The molecule has 1 fully saturated rings. The van der Waals surface area contributed by atoms with Crippen LogP contribution in [0.2, 0.25) is 0 Å². The minimum Gasteiger partial charge on any atom is -0.378 e. The van der Waals surface area contributed by atoms with E-state index >= 15 is 0 Å². The molecule has 0 aliphatic heterocycles. The Morgan fingerprint density at radius 2 is 2.17 bits per heavy atom. The normalized spacial score (nSPS) is 33.0. The number of ether oxygens (including phenoxy) is 1. The van der Waals surface area contributed by atoms with Gasteiger partial charge in [-0.3, -0.25) is 0 Å². The minimum atomic E-state index is 0.202. The summed E-state index contributed by atoms with van der Waals surface area (Å²) < 4.78 is 5.72. The summed E-state index contributed by atoms with van der Waals surface area (Å²) in [5, 5.41) is 0. The smallest absolute Gasteiger partial charge is 0.0655 e. The molecule has 2 N–H and O–H groups in total. The Bertz CT molecular complexity index is 145. The molecule has 72 valence electrons. The molecule has 0 aromatic heterocycles. The molecule has 0 spiro atoms. The SMILES string of the molecule is CCCCO[C@@H]1C[C@@H](N)C1(C)C. The van der Waals surface area contributed by atoms with Crippen LogP contribution in [0.5, 0.6) is 0 Å². The molecule has 1 rings (SSSR count). The van der Waals surface area contributed by atoms with Crippen LogP contribution in [0, 0.1) is 5.41 Å². The van der Waals surface area contributed by atoms with Crippen molar-refractivity contribution in [3.05, 3.63) is 0 Å². The number of unbranched alkanes of at least 4 members (excludes halogenated alkanes) is 1. The van der Waals surface area contributed by atoms with Gasteiger partial charge in [0.1, 0.15) is 0 Å². The van der Waals surface area contributed by atoms with E-state index in [9.17, 15) is 0 Å². The van der Waals surface area contributed by atoms with Crippen molar-refractivity contribution in [2.75, 3.05) is 6.61 Å². The van der Waals surface area contributed by atoms with E-state index in [4.69, 9.17) is 10.5 Å². The summed E-state index contributed by atoms with van der Waals surface area (Å²) in [5.74, 6) is 0. The summed E-state index contributed by atoms with van der Waals surface area (Å²) >= 11 is 0. The lowest BCUT2D eigenvalue weighted by Crippen LogP contribution is -2.59. The van der Waals surface area contributed by atoms with E-state index in [0.717, 1.165) is 13.0 Å². The molecule has 0 bridgehead atoms. The largest absolute Gasteiger partial charge is 0.378 e. The molecule has 0 unspecified atom stereocenters. The number of rotatable bonds is 4. The van der Waals surface area contributed by atoms with Crippen molar-refractivity contribution in [2.24, 2.45) is 11.1 Å². The summed E-state index contributed by atoms with van der Waals surface area (Å²) in [5.41, 5.74) is 6.07. The van der Waals surface area contributed by atoms with Crippen LogP contribution in [-0.4, -0.2) is 18.8 Å². The molecule has 2 heteroatoms. The fraction of sp³-hybridized carbons (Fsp3) is 1.00. The number of nitrogens with two attached hydrogens (primary N) is 1. The summed E-state index contributed by atoms with van der Waals surface area (Å²) in [6.45, 7) is 7.47. The third-order valence-corrected chi connectivity index (χ3v) is 3.07. The summed E-state index contributed by atoms with van der Waals surface area (Å²) in [7, 11) is 0. The van der Waals surface area contributed by atoms with Crippen molar-refractivity contribution in [1.82, 2.24) is 0 Å². The van der Waals surface area contributed by atoms with Crippen LogP contribution in [-0.2, 0) is 4.74 Å². The maximum atomic E-state index is 5.87. The van der Waals surface area contributed by atoms with Gasteiger partial charge in [-0.1, -0.05) is 27.2 Å². The van der Waals surface area contributed by atoms with Crippen LogP contribution in [0.4, 0.5) is 0 Å². The molecule has 1 aliphatic rings. The van der Waals surface area contributed by atoms with Crippen molar-refractivity contribution in [1.29, 1.82) is 0 Å². The van der Waals surface area contributed by atoms with Gasteiger partial charge in [0, 0.05) is 18.1 Å². The quantitative estimate of drug-likeness (QED) is 0.656. The Morgan fingerprint density at radius 3 is 2.58 bits per heavy atom. The fourth-order valence-electron chi connectivity index (χ4n) is 1.57. The predicted octanol–water partition coefficient (Wildman–Crippen LogP) is 1.93. The van der Waals surface area contributed by atoms with Gasteiger partial charge in [0.25, 0.3) is 0 Å². The van der Waals surface area contributed by atoms with Crippen molar-refractivity contribution in [3.8, 4) is 0 Å². The highest BCUT2D eigenvalue weighted by molar-refractivity contribution is 5.00. The Morgan fingerprint density at radius 1 is 1.50 bits per heavy atom. The lowest BCUT2D eigenvalue weighted by Gasteiger charge is -2.49.